The van der Waals surface area contributed by atoms with E-state index in [0.717, 1.165) is 47.9 Å². The highest BCUT2D eigenvalue weighted by atomic mass is 32.2. The zero-order valence-corrected chi connectivity index (χ0v) is 28.3. The van der Waals surface area contributed by atoms with Gasteiger partial charge in [0.05, 0.1) is 10.6 Å². The van der Waals surface area contributed by atoms with Crippen molar-refractivity contribution in [1.82, 2.24) is 10.2 Å². The van der Waals surface area contributed by atoms with Crippen LogP contribution in [0.25, 0.3) is 0 Å². The quantitative estimate of drug-likeness (QED) is 0.169. The molecule has 0 heterocycles. The van der Waals surface area contributed by atoms with E-state index in [9.17, 15) is 18.0 Å². The minimum absolute atomic E-state index is 0.0608. The largest absolute Gasteiger partial charge is 0.352 e. The minimum Gasteiger partial charge on any atom is -0.352 e. The third kappa shape index (κ3) is 8.49. The van der Waals surface area contributed by atoms with Crippen molar-refractivity contribution < 1.29 is 18.0 Å². The van der Waals surface area contributed by atoms with Crippen LogP contribution in [-0.4, -0.2) is 43.8 Å². The molecule has 0 saturated heterocycles. The van der Waals surface area contributed by atoms with E-state index in [1.165, 1.54) is 16.4 Å². The number of hydrogen-bond donors (Lipinski definition) is 1. The van der Waals surface area contributed by atoms with E-state index < -0.39 is 28.5 Å². The Morgan fingerprint density at radius 1 is 0.809 bits per heavy atom. The number of carbonyl (C=O) groups excluding carboxylic acids is 2. The van der Waals surface area contributed by atoms with Crippen molar-refractivity contribution in [3.8, 4) is 0 Å². The number of anilines is 1. The fourth-order valence-corrected chi connectivity index (χ4v) is 7.60. The van der Waals surface area contributed by atoms with Crippen LogP contribution in [-0.2, 0) is 32.6 Å². The molecule has 7 nitrogen and oxygen atoms in total. The molecule has 0 aromatic heterocycles. The highest BCUT2D eigenvalue weighted by molar-refractivity contribution is 7.92. The average Bonchev–Trinajstić information content (AvgIpc) is 3.60. The van der Waals surface area contributed by atoms with Gasteiger partial charge in [0.15, 0.2) is 0 Å². The van der Waals surface area contributed by atoms with Gasteiger partial charge in [0.2, 0.25) is 11.8 Å². The molecule has 5 rings (SSSR count). The van der Waals surface area contributed by atoms with Crippen molar-refractivity contribution in [3.05, 3.63) is 131 Å². The predicted molar refractivity (Wildman–Crippen MR) is 188 cm³/mol. The summed E-state index contributed by atoms with van der Waals surface area (Å²) in [5, 5.41) is 3.23. The van der Waals surface area contributed by atoms with E-state index in [4.69, 9.17) is 0 Å². The summed E-state index contributed by atoms with van der Waals surface area (Å²) in [7, 11) is -4.14. The van der Waals surface area contributed by atoms with Crippen molar-refractivity contribution in [2.45, 2.75) is 82.3 Å². The minimum atomic E-state index is -4.14. The van der Waals surface area contributed by atoms with Gasteiger partial charge >= 0.3 is 0 Å². The Morgan fingerprint density at radius 2 is 1.40 bits per heavy atom. The van der Waals surface area contributed by atoms with Gasteiger partial charge in [-0.15, -0.1) is 0 Å². The van der Waals surface area contributed by atoms with Gasteiger partial charge in [-0.1, -0.05) is 112 Å². The van der Waals surface area contributed by atoms with Crippen LogP contribution >= 0.6 is 0 Å². The molecule has 1 fully saturated rings. The van der Waals surface area contributed by atoms with Crippen molar-refractivity contribution in [3.63, 3.8) is 0 Å². The Bertz CT molecular complexity index is 1740. The standard InChI is InChI=1S/C39H45N3O4S/c1-29(2)32-22-24-35(25-23-32)42(47(45,46)36-20-8-5-9-21-36)28-38(43)41(27-33-17-11-10-14-30(33)3)37(26-31-15-6-4-7-16-31)39(44)40-34-18-12-13-19-34/h4-11,14-17,20-25,29,34,37H,12-13,18-19,26-28H2,1-3H3,(H,40,44)/t37-/m0/s1. The molecule has 0 unspecified atom stereocenters. The van der Waals surface area contributed by atoms with Crippen LogP contribution in [0.4, 0.5) is 5.69 Å². The second-order valence-corrected chi connectivity index (χ2v) is 14.6. The molecule has 1 aliphatic carbocycles. The Labute approximate surface area is 279 Å². The summed E-state index contributed by atoms with van der Waals surface area (Å²) in [5.74, 6) is -0.420. The summed E-state index contributed by atoms with van der Waals surface area (Å²) < 4.78 is 29.6. The van der Waals surface area contributed by atoms with Gasteiger partial charge in [-0.25, -0.2) is 8.42 Å². The molecular weight excluding hydrogens is 607 g/mol. The summed E-state index contributed by atoms with van der Waals surface area (Å²) in [6.45, 7) is 5.82. The molecule has 246 valence electrons. The van der Waals surface area contributed by atoms with Crippen molar-refractivity contribution in [2.24, 2.45) is 0 Å². The third-order valence-electron chi connectivity index (χ3n) is 9.03. The van der Waals surface area contributed by atoms with E-state index >= 15 is 0 Å². The topological polar surface area (TPSA) is 86.8 Å². The summed E-state index contributed by atoms with van der Waals surface area (Å²) in [6, 6.07) is 32.1. The van der Waals surface area contributed by atoms with E-state index in [-0.39, 0.29) is 29.3 Å². The Balaban J connectivity index is 1.57. The first kappa shape index (κ1) is 33.9. The highest BCUT2D eigenvalue weighted by Gasteiger charge is 2.35. The molecule has 1 saturated carbocycles. The van der Waals surface area contributed by atoms with E-state index in [1.54, 1.807) is 35.2 Å². The van der Waals surface area contributed by atoms with E-state index in [1.807, 2.05) is 73.7 Å². The Morgan fingerprint density at radius 3 is 2.02 bits per heavy atom. The van der Waals surface area contributed by atoms with Crippen LogP contribution < -0.4 is 9.62 Å². The highest BCUT2D eigenvalue weighted by Crippen LogP contribution is 2.27. The molecule has 1 N–H and O–H groups in total. The normalized spacial score (nSPS) is 14.1. The number of hydrogen-bond acceptors (Lipinski definition) is 4. The maximum absolute atomic E-state index is 14.7. The smallest absolute Gasteiger partial charge is 0.264 e. The number of amides is 2. The molecule has 1 aliphatic rings. The van der Waals surface area contributed by atoms with Crippen LogP contribution in [0.3, 0.4) is 0 Å². The molecule has 4 aromatic rings. The molecule has 2 amide bonds. The number of carbonyl (C=O) groups is 2. The number of sulfonamides is 1. The van der Waals surface area contributed by atoms with Gasteiger partial charge in [-0.3, -0.25) is 13.9 Å². The zero-order valence-electron chi connectivity index (χ0n) is 27.5. The van der Waals surface area contributed by atoms with Gasteiger partial charge in [-0.05, 0) is 72.2 Å². The summed E-state index contributed by atoms with van der Waals surface area (Å²) >= 11 is 0. The van der Waals surface area contributed by atoms with Crippen molar-refractivity contribution in [2.75, 3.05) is 10.8 Å². The predicted octanol–water partition coefficient (Wildman–Crippen LogP) is 7.01. The van der Waals surface area contributed by atoms with E-state index in [0.29, 0.717) is 12.1 Å². The van der Waals surface area contributed by atoms with Gasteiger partial charge in [-0.2, -0.15) is 0 Å². The van der Waals surface area contributed by atoms with Crippen LogP contribution in [0.2, 0.25) is 0 Å². The van der Waals surface area contributed by atoms with Crippen molar-refractivity contribution in [1.29, 1.82) is 0 Å². The molecule has 1 atom stereocenters. The molecule has 0 spiro atoms. The Hall–Kier alpha value is -4.43. The first-order valence-corrected chi connectivity index (χ1v) is 17.9. The number of benzene rings is 4. The maximum atomic E-state index is 14.7. The van der Waals surface area contributed by atoms with Crippen LogP contribution in [0.5, 0.6) is 0 Å². The van der Waals surface area contributed by atoms with Gasteiger partial charge < -0.3 is 10.2 Å². The lowest BCUT2D eigenvalue weighted by Gasteiger charge is -2.34. The van der Waals surface area contributed by atoms with Crippen molar-refractivity contribution >= 4 is 27.5 Å². The number of aryl methyl sites for hydroxylation is 1. The second kappa shape index (κ2) is 15.4. The lowest BCUT2D eigenvalue weighted by atomic mass is 10.0. The average molecular weight is 652 g/mol. The number of nitrogens with zero attached hydrogens (tertiary/aromatic N) is 2. The van der Waals surface area contributed by atoms with Gasteiger partial charge in [0, 0.05) is 19.0 Å². The third-order valence-corrected chi connectivity index (χ3v) is 10.8. The first-order valence-electron chi connectivity index (χ1n) is 16.5. The van der Waals surface area contributed by atoms with Gasteiger partial charge in [0.25, 0.3) is 10.0 Å². The number of nitrogens with one attached hydrogen (secondary N) is 1. The maximum Gasteiger partial charge on any atom is 0.264 e. The SMILES string of the molecule is Cc1ccccc1CN(C(=O)CN(c1ccc(C(C)C)cc1)S(=O)(=O)c1ccccc1)[C@@H](Cc1ccccc1)C(=O)NC1CCCC1. The second-order valence-electron chi connectivity index (χ2n) is 12.7. The summed E-state index contributed by atoms with van der Waals surface area (Å²) in [4.78, 5) is 30.5. The van der Waals surface area contributed by atoms with Crippen LogP contribution in [0.15, 0.2) is 114 Å². The summed E-state index contributed by atoms with van der Waals surface area (Å²) in [6.07, 6.45) is 4.23. The zero-order chi connectivity index (χ0) is 33.4. The fourth-order valence-electron chi connectivity index (χ4n) is 6.17. The lowest BCUT2D eigenvalue weighted by Crippen LogP contribution is -2.54. The van der Waals surface area contributed by atoms with Crippen LogP contribution in [0.1, 0.15) is 67.7 Å². The molecule has 8 heteroatoms. The monoisotopic (exact) mass is 651 g/mol. The molecule has 0 bridgehead atoms. The van der Waals surface area contributed by atoms with Gasteiger partial charge in [0.1, 0.15) is 12.6 Å². The Kier molecular flexibility index (Phi) is 11.1. The summed E-state index contributed by atoms with van der Waals surface area (Å²) in [5.41, 5.74) is 4.24. The fraction of sp³-hybridized carbons (Fsp3) is 0.333. The van der Waals surface area contributed by atoms with E-state index in [2.05, 4.69) is 19.2 Å². The molecule has 47 heavy (non-hydrogen) atoms. The lowest BCUT2D eigenvalue weighted by molar-refractivity contribution is -0.140. The molecule has 0 radical (unpaired) electrons. The molecular formula is C39H45N3O4S. The number of rotatable bonds is 13. The molecule has 4 aromatic carbocycles. The molecule has 0 aliphatic heterocycles. The van der Waals surface area contributed by atoms with Crippen LogP contribution in [0, 0.1) is 6.92 Å². The first-order chi connectivity index (χ1) is 22.6.